The van der Waals surface area contributed by atoms with E-state index in [9.17, 15) is 4.79 Å². The average Bonchev–Trinajstić information content (AvgIpc) is 2.39. The number of rotatable bonds is 2. The van der Waals surface area contributed by atoms with Crippen LogP contribution in [-0.4, -0.2) is 42.7 Å². The van der Waals surface area contributed by atoms with Crippen molar-refractivity contribution in [3.63, 3.8) is 0 Å². The highest BCUT2D eigenvalue weighted by molar-refractivity contribution is 5.68. The van der Waals surface area contributed by atoms with E-state index >= 15 is 0 Å². The fourth-order valence-corrected chi connectivity index (χ4v) is 0.401. The monoisotopic (exact) mass is 170 g/mol. The number of amides is 1. The van der Waals surface area contributed by atoms with Crippen LogP contribution in [0.1, 0.15) is 0 Å². The van der Waals surface area contributed by atoms with Crippen LogP contribution >= 0.6 is 0 Å². The normalized spacial score (nSPS) is 8.67. The van der Waals surface area contributed by atoms with Gasteiger partial charge >= 0.3 is 0 Å². The summed E-state index contributed by atoms with van der Waals surface area (Å²) in [6, 6.07) is 1.66. The smallest absolute Gasteiger partial charge is 0.212 e. The zero-order valence-electron chi connectivity index (χ0n) is 7.53. The van der Waals surface area contributed by atoms with Gasteiger partial charge in [-0.25, -0.2) is 0 Å². The summed E-state index contributed by atoms with van der Waals surface area (Å²) < 4.78 is 0. The Morgan fingerprint density at radius 1 is 1.58 bits per heavy atom. The van der Waals surface area contributed by atoms with Crippen molar-refractivity contribution in [2.45, 2.75) is 0 Å². The van der Waals surface area contributed by atoms with Gasteiger partial charge < -0.3 is 10.2 Å². The summed E-state index contributed by atoms with van der Waals surface area (Å²) in [5.74, 6) is 0.542. The number of carbonyl (C=O) groups excluding carboxylic acids is 1. The van der Waals surface area contributed by atoms with Crippen LogP contribution in [0.25, 0.3) is 0 Å². The average molecular weight is 170 g/mol. The molecule has 0 atom stereocenters. The van der Waals surface area contributed by atoms with Gasteiger partial charge in [-0.3, -0.25) is 9.89 Å². The van der Waals surface area contributed by atoms with Crippen molar-refractivity contribution < 1.29 is 4.79 Å². The highest BCUT2D eigenvalue weighted by Gasteiger charge is 1.85. The first kappa shape index (κ1) is 10.6. The second kappa shape index (κ2) is 6.36. The molecular formula is C7H14N4O. The SMILES string of the molecule is CN(C)C.O=CNc1cc[nH]n1. The van der Waals surface area contributed by atoms with Crippen molar-refractivity contribution >= 4 is 12.2 Å². The molecule has 68 valence electrons. The van der Waals surface area contributed by atoms with Crippen LogP contribution in [0.2, 0.25) is 0 Å². The van der Waals surface area contributed by atoms with Crippen molar-refractivity contribution in [3.05, 3.63) is 12.3 Å². The van der Waals surface area contributed by atoms with E-state index < -0.39 is 0 Å². The quantitative estimate of drug-likeness (QED) is 0.621. The lowest BCUT2D eigenvalue weighted by atomic mass is 10.6. The number of aromatic amines is 1. The maximum Gasteiger partial charge on any atom is 0.212 e. The minimum absolute atomic E-state index is 0.542. The topological polar surface area (TPSA) is 61.0 Å². The van der Waals surface area contributed by atoms with E-state index in [1.54, 1.807) is 12.3 Å². The van der Waals surface area contributed by atoms with E-state index in [-0.39, 0.29) is 0 Å². The van der Waals surface area contributed by atoms with Gasteiger partial charge in [0.05, 0.1) is 0 Å². The van der Waals surface area contributed by atoms with Crippen LogP contribution in [-0.2, 0) is 4.79 Å². The molecule has 0 radical (unpaired) electrons. The van der Waals surface area contributed by atoms with E-state index in [0.717, 1.165) is 0 Å². The molecule has 0 spiro atoms. The van der Waals surface area contributed by atoms with Gasteiger partial charge in [-0.15, -0.1) is 0 Å². The molecule has 12 heavy (non-hydrogen) atoms. The Balaban J connectivity index is 0.000000261. The predicted octanol–water partition coefficient (Wildman–Crippen LogP) is 0.156. The van der Waals surface area contributed by atoms with E-state index in [2.05, 4.69) is 15.5 Å². The molecule has 0 saturated heterocycles. The summed E-state index contributed by atoms with van der Waals surface area (Å²) in [6.07, 6.45) is 2.21. The van der Waals surface area contributed by atoms with Gasteiger partial charge in [0.2, 0.25) is 6.41 Å². The first-order valence-electron chi connectivity index (χ1n) is 3.47. The van der Waals surface area contributed by atoms with Crippen LogP contribution in [0.3, 0.4) is 0 Å². The van der Waals surface area contributed by atoms with Crippen molar-refractivity contribution in [2.24, 2.45) is 0 Å². The Bertz CT molecular complexity index is 192. The van der Waals surface area contributed by atoms with Crippen molar-refractivity contribution in [3.8, 4) is 0 Å². The van der Waals surface area contributed by atoms with Crippen LogP contribution in [0.4, 0.5) is 5.82 Å². The molecule has 1 heterocycles. The molecule has 5 nitrogen and oxygen atoms in total. The molecule has 0 fully saturated rings. The third kappa shape index (κ3) is 6.76. The Morgan fingerprint density at radius 3 is 2.50 bits per heavy atom. The second-order valence-electron chi connectivity index (χ2n) is 2.56. The van der Waals surface area contributed by atoms with Gasteiger partial charge in [-0.2, -0.15) is 5.10 Å². The summed E-state index contributed by atoms with van der Waals surface area (Å²) in [4.78, 5) is 11.7. The molecule has 0 saturated carbocycles. The minimum Gasteiger partial charge on any atom is -0.312 e. The van der Waals surface area contributed by atoms with E-state index in [1.165, 1.54) is 0 Å². The minimum atomic E-state index is 0.542. The fourth-order valence-electron chi connectivity index (χ4n) is 0.401. The van der Waals surface area contributed by atoms with Gasteiger partial charge in [0, 0.05) is 12.3 Å². The zero-order valence-corrected chi connectivity index (χ0v) is 7.53. The molecule has 1 amide bonds. The van der Waals surface area contributed by atoms with E-state index in [0.29, 0.717) is 12.2 Å². The summed E-state index contributed by atoms with van der Waals surface area (Å²) in [7, 11) is 6.00. The predicted molar refractivity (Wildman–Crippen MR) is 47.9 cm³/mol. The van der Waals surface area contributed by atoms with Gasteiger partial charge in [-0.1, -0.05) is 0 Å². The van der Waals surface area contributed by atoms with Gasteiger partial charge in [-0.05, 0) is 21.1 Å². The molecular weight excluding hydrogens is 156 g/mol. The molecule has 1 aromatic heterocycles. The number of anilines is 1. The molecule has 0 aromatic carbocycles. The third-order valence-electron chi connectivity index (χ3n) is 0.708. The van der Waals surface area contributed by atoms with Crippen LogP contribution in [0, 0.1) is 0 Å². The largest absolute Gasteiger partial charge is 0.312 e. The van der Waals surface area contributed by atoms with E-state index in [4.69, 9.17) is 0 Å². The Labute approximate surface area is 71.8 Å². The van der Waals surface area contributed by atoms with Crippen LogP contribution in [0.15, 0.2) is 12.3 Å². The first-order chi connectivity index (χ1) is 5.66. The number of carbonyl (C=O) groups is 1. The van der Waals surface area contributed by atoms with Crippen LogP contribution in [0.5, 0.6) is 0 Å². The summed E-state index contributed by atoms with van der Waals surface area (Å²) in [5.41, 5.74) is 0. The molecule has 1 rings (SSSR count). The summed E-state index contributed by atoms with van der Waals surface area (Å²) >= 11 is 0. The fraction of sp³-hybridized carbons (Fsp3) is 0.429. The molecule has 0 aliphatic carbocycles. The summed E-state index contributed by atoms with van der Waals surface area (Å²) in [6.45, 7) is 0. The molecule has 0 bridgehead atoms. The number of nitrogens with one attached hydrogen (secondary N) is 2. The number of nitrogens with zero attached hydrogens (tertiary/aromatic N) is 2. The second-order valence-corrected chi connectivity index (χ2v) is 2.56. The maximum atomic E-state index is 9.71. The molecule has 1 aromatic rings. The first-order valence-corrected chi connectivity index (χ1v) is 3.47. The highest BCUT2D eigenvalue weighted by Crippen LogP contribution is 1.93. The Hall–Kier alpha value is -1.36. The molecule has 0 aliphatic heterocycles. The van der Waals surface area contributed by atoms with E-state index in [1.807, 2.05) is 26.0 Å². The zero-order chi connectivity index (χ0) is 9.40. The van der Waals surface area contributed by atoms with Gasteiger partial charge in [0.25, 0.3) is 0 Å². The highest BCUT2D eigenvalue weighted by atomic mass is 16.1. The van der Waals surface area contributed by atoms with Crippen molar-refractivity contribution in [2.75, 3.05) is 26.5 Å². The number of hydrogen-bond donors (Lipinski definition) is 2. The lowest BCUT2D eigenvalue weighted by Crippen LogP contribution is -1.99. The van der Waals surface area contributed by atoms with Crippen molar-refractivity contribution in [1.82, 2.24) is 15.1 Å². The lowest BCUT2D eigenvalue weighted by Gasteiger charge is -1.90. The van der Waals surface area contributed by atoms with Gasteiger partial charge in [0.1, 0.15) is 0 Å². The molecule has 2 N–H and O–H groups in total. The third-order valence-corrected chi connectivity index (χ3v) is 0.708. The van der Waals surface area contributed by atoms with Crippen LogP contribution < -0.4 is 5.32 Å². The number of aromatic nitrogens is 2. The molecule has 0 unspecified atom stereocenters. The lowest BCUT2D eigenvalue weighted by molar-refractivity contribution is -0.105. The van der Waals surface area contributed by atoms with Gasteiger partial charge in [0.15, 0.2) is 5.82 Å². The molecule has 5 heteroatoms. The Morgan fingerprint density at radius 2 is 2.17 bits per heavy atom. The maximum absolute atomic E-state index is 9.71. The number of H-pyrrole nitrogens is 1. The standard InChI is InChI=1S/C4H5N3O.C3H9N/c8-3-5-4-1-2-6-7-4;1-4(2)3/h1-3H,(H2,5,6,7,8);1-3H3. The molecule has 0 aliphatic rings. The van der Waals surface area contributed by atoms with Crippen molar-refractivity contribution in [1.29, 1.82) is 0 Å². The number of hydrogen-bond acceptors (Lipinski definition) is 3. The summed E-state index contributed by atoms with van der Waals surface area (Å²) in [5, 5.41) is 8.55. The Kier molecular flexibility index (Phi) is 5.64.